The first kappa shape index (κ1) is 16.6. The summed E-state index contributed by atoms with van der Waals surface area (Å²) >= 11 is 0. The molecule has 0 radical (unpaired) electrons. The fraction of sp³-hybridized carbons (Fsp3) is 0.533. The number of nitrogens with two attached hydrogens (primary N) is 1. The van der Waals surface area contributed by atoms with Gasteiger partial charge >= 0.3 is 6.18 Å². The van der Waals surface area contributed by atoms with Crippen LogP contribution in [0.3, 0.4) is 0 Å². The highest BCUT2D eigenvalue weighted by Crippen LogP contribution is 2.49. The quantitative estimate of drug-likeness (QED) is 0.798. The van der Waals surface area contributed by atoms with Crippen molar-refractivity contribution in [2.24, 2.45) is 11.7 Å². The van der Waals surface area contributed by atoms with Gasteiger partial charge < -0.3 is 10.5 Å². The molecule has 0 aliphatic carbocycles. The zero-order valence-corrected chi connectivity index (χ0v) is 13.6. The van der Waals surface area contributed by atoms with Crippen LogP contribution in [0.15, 0.2) is 18.2 Å². The van der Waals surface area contributed by atoms with Gasteiger partial charge in [0.05, 0.1) is 35.1 Å². The predicted molar refractivity (Wildman–Crippen MR) is 81.0 cm³/mol. The van der Waals surface area contributed by atoms with Gasteiger partial charge in [0, 0.05) is 18.5 Å². The van der Waals surface area contributed by atoms with E-state index < -0.39 is 44.8 Å². The Balaban J connectivity index is 1.76. The fourth-order valence-corrected chi connectivity index (χ4v) is 6.51. The number of anilines is 1. The van der Waals surface area contributed by atoms with Crippen LogP contribution in [0.25, 0.3) is 0 Å². The highest BCUT2D eigenvalue weighted by atomic mass is 32.2. The lowest BCUT2D eigenvalue weighted by Crippen LogP contribution is -2.44. The molecule has 2 bridgehead atoms. The molecule has 5 atom stereocenters. The molecule has 4 rings (SSSR count). The number of hydrogen-bond donors (Lipinski definition) is 1. The minimum Gasteiger partial charge on any atom is -0.371 e. The molecule has 3 saturated heterocycles. The average molecular weight is 373 g/mol. The Kier molecular flexibility index (Phi) is 3.39. The summed E-state index contributed by atoms with van der Waals surface area (Å²) in [6.07, 6.45) is -5.22. The van der Waals surface area contributed by atoms with Gasteiger partial charge in [0.1, 0.15) is 5.25 Å². The molecule has 134 valence electrons. The number of fused-ring (bicyclic) bond motifs is 5. The molecular formula is C15H14F3N3O3S. The first-order chi connectivity index (χ1) is 11.6. The molecule has 1 aromatic rings. The molecule has 1 aromatic carbocycles. The third-order valence-electron chi connectivity index (χ3n) is 5.21. The topological polar surface area (TPSA) is 96.4 Å². The number of nitriles is 1. The van der Waals surface area contributed by atoms with Crippen LogP contribution >= 0.6 is 0 Å². The van der Waals surface area contributed by atoms with Gasteiger partial charge in [-0.2, -0.15) is 18.4 Å². The van der Waals surface area contributed by atoms with Crippen LogP contribution in [0.1, 0.15) is 17.5 Å². The summed E-state index contributed by atoms with van der Waals surface area (Å²) in [5, 5.41) is 8.09. The molecule has 0 unspecified atom stereocenters. The van der Waals surface area contributed by atoms with Crippen molar-refractivity contribution in [2.45, 2.75) is 36.1 Å². The fourth-order valence-electron chi connectivity index (χ4n) is 4.19. The lowest BCUT2D eigenvalue weighted by molar-refractivity contribution is -0.137. The Morgan fingerprint density at radius 3 is 2.72 bits per heavy atom. The standard InChI is InChI=1S/C15H14F3N3O3S/c16-15(17,18)10-3-8(2-1-7(10)5-19)21-6-9-13-11(20)4-12(24-13)14(9)25(21,22)23/h1-3,9,11-14H,4,6,20H2/t9-,11+,12-,13-,14-/m1/s1. The minimum absolute atomic E-state index is 0.0328. The summed E-state index contributed by atoms with van der Waals surface area (Å²) in [6, 6.07) is 4.18. The van der Waals surface area contributed by atoms with E-state index >= 15 is 0 Å². The first-order valence-corrected chi connectivity index (χ1v) is 9.19. The highest BCUT2D eigenvalue weighted by Gasteiger charge is 2.63. The Morgan fingerprint density at radius 1 is 1.36 bits per heavy atom. The highest BCUT2D eigenvalue weighted by molar-refractivity contribution is 7.93. The predicted octanol–water partition coefficient (Wildman–Crippen LogP) is 1.21. The van der Waals surface area contributed by atoms with E-state index in [4.69, 9.17) is 15.7 Å². The summed E-state index contributed by atoms with van der Waals surface area (Å²) in [6.45, 7) is 0.0328. The van der Waals surface area contributed by atoms with Gasteiger partial charge in [-0.3, -0.25) is 4.31 Å². The molecule has 0 aromatic heterocycles. The van der Waals surface area contributed by atoms with Gasteiger partial charge in [-0.15, -0.1) is 0 Å². The zero-order chi connectivity index (χ0) is 18.1. The summed E-state index contributed by atoms with van der Waals surface area (Å²) in [4.78, 5) is 0. The van der Waals surface area contributed by atoms with Crippen molar-refractivity contribution in [2.75, 3.05) is 10.8 Å². The number of rotatable bonds is 1. The maximum Gasteiger partial charge on any atom is 0.417 e. The van der Waals surface area contributed by atoms with Crippen LogP contribution in [0.5, 0.6) is 0 Å². The number of alkyl halides is 3. The van der Waals surface area contributed by atoms with E-state index in [0.29, 0.717) is 6.42 Å². The van der Waals surface area contributed by atoms with Crippen molar-refractivity contribution in [1.29, 1.82) is 5.26 Å². The van der Waals surface area contributed by atoms with Crippen molar-refractivity contribution < 1.29 is 26.3 Å². The third-order valence-corrected chi connectivity index (χ3v) is 7.53. The largest absolute Gasteiger partial charge is 0.417 e. The summed E-state index contributed by atoms with van der Waals surface area (Å²) < 4.78 is 71.8. The molecule has 3 heterocycles. The van der Waals surface area contributed by atoms with Gasteiger partial charge in [-0.1, -0.05) is 0 Å². The van der Waals surface area contributed by atoms with Gasteiger partial charge in [0.25, 0.3) is 0 Å². The second-order valence-corrected chi connectivity index (χ2v) is 8.60. The maximum atomic E-state index is 13.2. The van der Waals surface area contributed by atoms with Gasteiger partial charge in [0.15, 0.2) is 0 Å². The Bertz CT molecular complexity index is 880. The molecule has 25 heavy (non-hydrogen) atoms. The van der Waals surface area contributed by atoms with E-state index in [1.807, 2.05) is 0 Å². The van der Waals surface area contributed by atoms with Crippen LogP contribution in [0, 0.1) is 17.2 Å². The van der Waals surface area contributed by atoms with Crippen molar-refractivity contribution in [1.82, 2.24) is 0 Å². The van der Waals surface area contributed by atoms with Gasteiger partial charge in [-0.05, 0) is 24.6 Å². The number of halogens is 3. The van der Waals surface area contributed by atoms with Crippen molar-refractivity contribution >= 4 is 15.7 Å². The Labute approximate surface area is 142 Å². The number of benzene rings is 1. The van der Waals surface area contributed by atoms with Crippen LogP contribution in [0.4, 0.5) is 18.9 Å². The van der Waals surface area contributed by atoms with Crippen molar-refractivity contribution in [3.05, 3.63) is 29.3 Å². The summed E-state index contributed by atoms with van der Waals surface area (Å²) in [7, 11) is -3.85. The van der Waals surface area contributed by atoms with Crippen molar-refractivity contribution in [3.63, 3.8) is 0 Å². The molecule has 3 aliphatic heterocycles. The molecule has 6 nitrogen and oxygen atoms in total. The smallest absolute Gasteiger partial charge is 0.371 e. The van der Waals surface area contributed by atoms with E-state index in [1.165, 1.54) is 12.1 Å². The molecule has 0 spiro atoms. The lowest BCUT2D eigenvalue weighted by atomic mass is 9.85. The number of nitrogens with zero attached hydrogens (tertiary/aromatic N) is 2. The molecule has 10 heteroatoms. The number of hydrogen-bond acceptors (Lipinski definition) is 5. The molecular weight excluding hydrogens is 359 g/mol. The number of sulfonamides is 1. The minimum atomic E-state index is -4.75. The van der Waals surface area contributed by atoms with Gasteiger partial charge in [0.2, 0.25) is 10.0 Å². The van der Waals surface area contributed by atoms with Crippen LogP contribution in [0.2, 0.25) is 0 Å². The Morgan fingerprint density at radius 2 is 2.08 bits per heavy atom. The lowest BCUT2D eigenvalue weighted by Gasteiger charge is -2.22. The van der Waals surface area contributed by atoms with E-state index in [1.54, 1.807) is 0 Å². The average Bonchev–Trinajstić information content (AvgIpc) is 3.15. The van der Waals surface area contributed by atoms with Crippen LogP contribution in [-0.4, -0.2) is 38.5 Å². The molecule has 0 saturated carbocycles. The third kappa shape index (κ3) is 2.26. The first-order valence-electron chi connectivity index (χ1n) is 7.68. The Hall–Kier alpha value is -1.83. The molecule has 3 aliphatic rings. The van der Waals surface area contributed by atoms with E-state index in [9.17, 15) is 21.6 Å². The summed E-state index contributed by atoms with van der Waals surface area (Å²) in [5.41, 5.74) is 4.17. The molecule has 3 fully saturated rings. The van der Waals surface area contributed by atoms with E-state index in [0.717, 1.165) is 16.4 Å². The second-order valence-electron chi connectivity index (χ2n) is 6.58. The zero-order valence-electron chi connectivity index (χ0n) is 12.8. The monoisotopic (exact) mass is 373 g/mol. The van der Waals surface area contributed by atoms with E-state index in [2.05, 4.69) is 0 Å². The van der Waals surface area contributed by atoms with Crippen LogP contribution < -0.4 is 10.0 Å². The van der Waals surface area contributed by atoms with Crippen LogP contribution in [-0.2, 0) is 20.9 Å². The second kappa shape index (κ2) is 5.09. The molecule has 0 amide bonds. The van der Waals surface area contributed by atoms with E-state index in [-0.39, 0.29) is 24.2 Å². The summed E-state index contributed by atoms with van der Waals surface area (Å²) in [5.74, 6) is -0.358. The van der Waals surface area contributed by atoms with Gasteiger partial charge in [-0.25, -0.2) is 8.42 Å². The maximum absolute atomic E-state index is 13.2. The SMILES string of the molecule is N#Cc1ccc(N2C[C@@H]3[C@H]4O[C@H](C[C@@H]4N)[C@@H]3S2(=O)=O)cc1C(F)(F)F. The normalized spacial score (nSPS) is 35.6. The number of ether oxygens (including phenoxy) is 1. The van der Waals surface area contributed by atoms with Crippen molar-refractivity contribution in [3.8, 4) is 6.07 Å². The molecule has 2 N–H and O–H groups in total.